The molecule has 0 N–H and O–H groups in total. The molecule has 0 aromatic carbocycles. The summed E-state index contributed by atoms with van der Waals surface area (Å²) >= 11 is 0. The number of nitrogens with zero attached hydrogens (tertiary/aromatic N) is 4. The number of aromatic nitrogens is 3. The van der Waals surface area contributed by atoms with Crippen LogP contribution in [-0.4, -0.2) is 19.0 Å². The Morgan fingerprint density at radius 2 is 2.12 bits per heavy atom. The molecular formula is C10H12N4O3. The van der Waals surface area contributed by atoms with Gasteiger partial charge in [-0.05, 0) is 13.8 Å². The van der Waals surface area contributed by atoms with E-state index in [4.69, 9.17) is 0 Å². The van der Waals surface area contributed by atoms with Gasteiger partial charge in [0.15, 0.2) is 5.65 Å². The van der Waals surface area contributed by atoms with Crippen molar-refractivity contribution in [2.24, 2.45) is 7.05 Å². The van der Waals surface area contributed by atoms with Crippen LogP contribution in [0.5, 0.6) is 0 Å². The fourth-order valence-corrected chi connectivity index (χ4v) is 1.79. The molecule has 0 aliphatic rings. The van der Waals surface area contributed by atoms with Crippen molar-refractivity contribution >= 4 is 16.9 Å². The summed E-state index contributed by atoms with van der Waals surface area (Å²) in [5, 5.41) is 10.7. The molecule has 2 heterocycles. The number of nitro groups is 1. The molecule has 0 radical (unpaired) electrons. The zero-order chi connectivity index (χ0) is 12.7. The van der Waals surface area contributed by atoms with E-state index in [-0.39, 0.29) is 17.4 Å². The lowest BCUT2D eigenvalue weighted by Crippen LogP contribution is -2.23. The summed E-state index contributed by atoms with van der Waals surface area (Å²) in [6.45, 7) is 3.73. The van der Waals surface area contributed by atoms with Gasteiger partial charge in [-0.3, -0.25) is 19.2 Å². The van der Waals surface area contributed by atoms with E-state index < -0.39 is 4.92 Å². The predicted octanol–water partition coefficient (Wildman–Crippen LogP) is 1.22. The number of hydrogen-bond donors (Lipinski definition) is 0. The van der Waals surface area contributed by atoms with E-state index in [0.717, 1.165) is 0 Å². The van der Waals surface area contributed by atoms with Crippen LogP contribution >= 0.6 is 0 Å². The fourth-order valence-electron chi connectivity index (χ4n) is 1.79. The quantitative estimate of drug-likeness (QED) is 0.579. The maximum Gasteiger partial charge on any atom is 0.330 e. The summed E-state index contributed by atoms with van der Waals surface area (Å²) < 4.78 is 2.88. The lowest BCUT2D eigenvalue weighted by molar-refractivity contribution is -0.385. The molecule has 2 rings (SSSR count). The minimum atomic E-state index is -0.524. The van der Waals surface area contributed by atoms with Crippen molar-refractivity contribution in [2.75, 3.05) is 0 Å². The van der Waals surface area contributed by atoms with Crippen LogP contribution in [0.15, 0.2) is 17.1 Å². The van der Waals surface area contributed by atoms with Gasteiger partial charge < -0.3 is 0 Å². The molecular weight excluding hydrogens is 224 g/mol. The molecule has 0 fully saturated rings. The number of hydrogen-bond acceptors (Lipinski definition) is 4. The highest BCUT2D eigenvalue weighted by molar-refractivity contribution is 5.74. The molecule has 0 amide bonds. The molecule has 7 heteroatoms. The maximum atomic E-state index is 11.9. The Hall–Kier alpha value is -2.18. The third kappa shape index (κ3) is 1.59. The Balaban J connectivity index is 2.86. The summed E-state index contributed by atoms with van der Waals surface area (Å²) in [5.41, 5.74) is 0.605. The Morgan fingerprint density at radius 1 is 1.47 bits per heavy atom. The molecule has 2 aromatic rings. The molecule has 0 aliphatic carbocycles. The molecule has 2 aromatic heterocycles. The van der Waals surface area contributed by atoms with Crippen LogP contribution in [0, 0.1) is 10.1 Å². The summed E-state index contributed by atoms with van der Waals surface area (Å²) in [7, 11) is 1.58. The summed E-state index contributed by atoms with van der Waals surface area (Å²) in [5.74, 6) is 0. The second-order valence-electron chi connectivity index (χ2n) is 4.10. The average Bonchev–Trinajstić information content (AvgIpc) is 2.51. The predicted molar refractivity (Wildman–Crippen MR) is 62.0 cm³/mol. The lowest BCUT2D eigenvalue weighted by atomic mass is 10.3. The first kappa shape index (κ1) is 11.3. The Bertz CT molecular complexity index is 653. The first-order valence-corrected chi connectivity index (χ1v) is 5.15. The summed E-state index contributed by atoms with van der Waals surface area (Å²) in [6, 6.07) is 1.32. The van der Waals surface area contributed by atoms with Crippen molar-refractivity contribution in [2.45, 2.75) is 19.9 Å². The second-order valence-corrected chi connectivity index (χ2v) is 4.10. The normalized spacial score (nSPS) is 11.3. The zero-order valence-electron chi connectivity index (χ0n) is 9.75. The number of imidazole rings is 1. The van der Waals surface area contributed by atoms with E-state index in [0.29, 0.717) is 11.2 Å². The minimum absolute atomic E-state index is 0.0415. The zero-order valence-corrected chi connectivity index (χ0v) is 9.75. The van der Waals surface area contributed by atoms with Crippen LogP contribution in [0.25, 0.3) is 11.2 Å². The first-order chi connectivity index (χ1) is 7.93. The third-order valence-electron chi connectivity index (χ3n) is 2.64. The van der Waals surface area contributed by atoms with Gasteiger partial charge in [0, 0.05) is 19.2 Å². The van der Waals surface area contributed by atoms with Gasteiger partial charge in [-0.25, -0.2) is 9.78 Å². The molecule has 0 bridgehead atoms. The molecule has 0 aliphatic heterocycles. The van der Waals surface area contributed by atoms with E-state index in [9.17, 15) is 14.9 Å². The number of aryl methyl sites for hydroxylation is 1. The SMILES string of the molecule is CC(C)n1c(=O)n(C)c2cc([N+](=O)[O-])cnc21. The Morgan fingerprint density at radius 3 is 2.65 bits per heavy atom. The molecule has 0 spiro atoms. The van der Waals surface area contributed by atoms with Gasteiger partial charge >= 0.3 is 5.69 Å². The summed E-state index contributed by atoms with van der Waals surface area (Å²) in [4.78, 5) is 26.1. The maximum absolute atomic E-state index is 11.9. The smallest absolute Gasteiger partial charge is 0.293 e. The fraction of sp³-hybridized carbons (Fsp3) is 0.400. The Kier molecular flexibility index (Phi) is 2.45. The minimum Gasteiger partial charge on any atom is -0.293 e. The molecule has 0 atom stereocenters. The van der Waals surface area contributed by atoms with E-state index in [1.165, 1.54) is 21.4 Å². The highest BCUT2D eigenvalue weighted by Gasteiger charge is 2.17. The van der Waals surface area contributed by atoms with Crippen LogP contribution < -0.4 is 5.69 Å². The Labute approximate surface area is 96.5 Å². The van der Waals surface area contributed by atoms with E-state index in [2.05, 4.69) is 4.98 Å². The van der Waals surface area contributed by atoms with Crippen molar-refractivity contribution in [3.63, 3.8) is 0 Å². The van der Waals surface area contributed by atoms with Crippen LogP contribution in [0.4, 0.5) is 5.69 Å². The van der Waals surface area contributed by atoms with Gasteiger partial charge in [0.2, 0.25) is 0 Å². The second kappa shape index (κ2) is 3.69. The van der Waals surface area contributed by atoms with Crippen molar-refractivity contribution in [3.05, 3.63) is 32.9 Å². The lowest BCUT2D eigenvalue weighted by Gasteiger charge is -2.04. The van der Waals surface area contributed by atoms with Crippen LogP contribution in [0.2, 0.25) is 0 Å². The number of rotatable bonds is 2. The first-order valence-electron chi connectivity index (χ1n) is 5.15. The van der Waals surface area contributed by atoms with E-state index in [1.54, 1.807) is 7.05 Å². The standard InChI is InChI=1S/C10H12N4O3/c1-6(2)13-9-8(12(3)10(13)15)4-7(5-11-9)14(16)17/h4-6H,1-3H3. The monoisotopic (exact) mass is 236 g/mol. The molecule has 0 unspecified atom stereocenters. The number of pyridine rings is 1. The summed E-state index contributed by atoms with van der Waals surface area (Å²) in [6.07, 6.45) is 1.17. The van der Waals surface area contributed by atoms with E-state index >= 15 is 0 Å². The molecule has 90 valence electrons. The molecule has 7 nitrogen and oxygen atoms in total. The third-order valence-corrected chi connectivity index (χ3v) is 2.64. The highest BCUT2D eigenvalue weighted by atomic mass is 16.6. The topological polar surface area (TPSA) is 83.0 Å². The van der Waals surface area contributed by atoms with Gasteiger partial charge in [-0.2, -0.15) is 0 Å². The van der Waals surface area contributed by atoms with Gasteiger partial charge in [0.25, 0.3) is 5.69 Å². The molecule has 0 saturated heterocycles. The van der Waals surface area contributed by atoms with Crippen LogP contribution in [-0.2, 0) is 7.05 Å². The molecule has 0 saturated carbocycles. The highest BCUT2D eigenvalue weighted by Crippen LogP contribution is 2.19. The largest absolute Gasteiger partial charge is 0.330 e. The van der Waals surface area contributed by atoms with Crippen molar-refractivity contribution in [1.29, 1.82) is 0 Å². The molecule has 17 heavy (non-hydrogen) atoms. The average molecular weight is 236 g/mol. The van der Waals surface area contributed by atoms with E-state index in [1.807, 2.05) is 13.8 Å². The van der Waals surface area contributed by atoms with Gasteiger partial charge in [0.1, 0.15) is 6.20 Å². The van der Waals surface area contributed by atoms with Crippen LogP contribution in [0.1, 0.15) is 19.9 Å². The van der Waals surface area contributed by atoms with Gasteiger partial charge in [-0.1, -0.05) is 0 Å². The van der Waals surface area contributed by atoms with Crippen molar-refractivity contribution in [3.8, 4) is 0 Å². The van der Waals surface area contributed by atoms with Gasteiger partial charge in [-0.15, -0.1) is 0 Å². The van der Waals surface area contributed by atoms with Crippen molar-refractivity contribution < 1.29 is 4.92 Å². The van der Waals surface area contributed by atoms with Gasteiger partial charge in [0.05, 0.1) is 10.4 Å². The van der Waals surface area contributed by atoms with Crippen molar-refractivity contribution in [1.82, 2.24) is 14.1 Å². The van der Waals surface area contributed by atoms with Crippen LogP contribution in [0.3, 0.4) is 0 Å². The number of fused-ring (bicyclic) bond motifs is 1.